The summed E-state index contributed by atoms with van der Waals surface area (Å²) in [5, 5.41) is 19.6. The molecular formula is C29H28N4O3. The van der Waals surface area contributed by atoms with Crippen LogP contribution in [0.2, 0.25) is 0 Å². The van der Waals surface area contributed by atoms with Crippen molar-refractivity contribution in [3.05, 3.63) is 63.8 Å². The van der Waals surface area contributed by atoms with Crippen LogP contribution in [0.25, 0.3) is 10.9 Å². The number of nitriles is 1. The molecule has 36 heavy (non-hydrogen) atoms. The third-order valence-corrected chi connectivity index (χ3v) is 7.93. The van der Waals surface area contributed by atoms with Crippen molar-refractivity contribution in [2.75, 3.05) is 50.9 Å². The average molecular weight is 481 g/mol. The SMILES string of the molecule is CC1(C)c2cc(N3CCN(C4COC4)CC3)c(C#CCO)cc2C(=O)c2c1[nH]c1cc(C#N)ccc21. The molecule has 1 aliphatic carbocycles. The Morgan fingerprint density at radius 1 is 1.17 bits per heavy atom. The number of aromatic nitrogens is 1. The number of carbonyl (C=O) groups excluding carboxylic acids is 1. The molecule has 7 nitrogen and oxygen atoms in total. The Labute approximate surface area is 210 Å². The van der Waals surface area contributed by atoms with E-state index in [1.165, 1.54) is 0 Å². The number of rotatable bonds is 2. The van der Waals surface area contributed by atoms with E-state index in [1.807, 2.05) is 12.1 Å². The number of anilines is 1. The summed E-state index contributed by atoms with van der Waals surface area (Å²) >= 11 is 0. The Hall–Kier alpha value is -3.62. The van der Waals surface area contributed by atoms with Crippen LogP contribution in [0.15, 0.2) is 30.3 Å². The molecule has 1 aromatic heterocycles. The van der Waals surface area contributed by atoms with Crippen molar-refractivity contribution in [1.82, 2.24) is 9.88 Å². The number of nitrogens with one attached hydrogen (secondary N) is 1. The number of fused-ring (bicyclic) bond motifs is 4. The molecule has 0 saturated carbocycles. The van der Waals surface area contributed by atoms with Crippen LogP contribution in [0.5, 0.6) is 0 Å². The van der Waals surface area contributed by atoms with Gasteiger partial charge in [0.15, 0.2) is 5.78 Å². The minimum Gasteiger partial charge on any atom is -0.384 e. The Morgan fingerprint density at radius 2 is 1.94 bits per heavy atom. The summed E-state index contributed by atoms with van der Waals surface area (Å²) in [7, 11) is 0. The Kier molecular flexibility index (Phi) is 5.39. The van der Waals surface area contributed by atoms with Gasteiger partial charge in [-0.05, 0) is 29.8 Å². The van der Waals surface area contributed by atoms with E-state index < -0.39 is 5.41 Å². The summed E-state index contributed by atoms with van der Waals surface area (Å²) in [6, 6.07) is 12.2. The van der Waals surface area contributed by atoms with Crippen LogP contribution in [0.3, 0.4) is 0 Å². The van der Waals surface area contributed by atoms with Crippen LogP contribution in [-0.2, 0) is 10.2 Å². The van der Waals surface area contributed by atoms with Crippen molar-refractivity contribution in [3.8, 4) is 17.9 Å². The molecule has 0 amide bonds. The van der Waals surface area contributed by atoms with Gasteiger partial charge in [-0.1, -0.05) is 31.8 Å². The van der Waals surface area contributed by atoms with Crippen LogP contribution >= 0.6 is 0 Å². The van der Waals surface area contributed by atoms with Crippen LogP contribution in [0, 0.1) is 23.2 Å². The van der Waals surface area contributed by atoms with Gasteiger partial charge in [0, 0.05) is 59.3 Å². The fourth-order valence-corrected chi connectivity index (χ4v) is 5.79. The number of hydrogen-bond donors (Lipinski definition) is 2. The molecule has 2 aliphatic heterocycles. The molecule has 0 spiro atoms. The highest BCUT2D eigenvalue weighted by Gasteiger charge is 2.41. The molecule has 6 rings (SSSR count). The van der Waals surface area contributed by atoms with Crippen molar-refractivity contribution >= 4 is 22.4 Å². The van der Waals surface area contributed by atoms with E-state index >= 15 is 0 Å². The average Bonchev–Trinajstić information content (AvgIpc) is 3.25. The van der Waals surface area contributed by atoms with Gasteiger partial charge in [-0.15, -0.1) is 0 Å². The van der Waals surface area contributed by atoms with E-state index in [2.05, 4.69) is 52.6 Å². The van der Waals surface area contributed by atoms with E-state index in [9.17, 15) is 15.2 Å². The lowest BCUT2D eigenvalue weighted by molar-refractivity contribution is -0.0660. The number of aliphatic hydroxyl groups is 1. The highest BCUT2D eigenvalue weighted by molar-refractivity contribution is 6.20. The second-order valence-corrected chi connectivity index (χ2v) is 10.3. The molecule has 0 atom stereocenters. The molecule has 182 valence electrons. The Bertz CT molecular complexity index is 1490. The van der Waals surface area contributed by atoms with Gasteiger partial charge in [0.2, 0.25) is 0 Å². The number of H-pyrrole nitrogens is 1. The van der Waals surface area contributed by atoms with Gasteiger partial charge >= 0.3 is 0 Å². The maximum absolute atomic E-state index is 13.9. The summed E-state index contributed by atoms with van der Waals surface area (Å²) in [6.45, 7) is 9.29. The number of benzene rings is 2. The standard InChI is InChI=1S/C29H28N4O3/c1-29(2)23-14-25(33-9-7-32(8-10-33)20-16-36-17-20)19(4-3-11-34)13-22(23)27(35)26-21-6-5-18(15-30)12-24(21)31-28(26)29/h5-6,12-14,20,31,34H,7-11,16-17H2,1-2H3. The molecule has 3 heterocycles. The Morgan fingerprint density at radius 3 is 2.61 bits per heavy atom. The highest BCUT2D eigenvalue weighted by Crippen LogP contribution is 2.45. The van der Waals surface area contributed by atoms with Crippen LogP contribution in [0.1, 0.15) is 52.2 Å². The number of aromatic amines is 1. The van der Waals surface area contributed by atoms with Gasteiger partial charge in [-0.2, -0.15) is 5.26 Å². The van der Waals surface area contributed by atoms with Crippen molar-refractivity contribution in [2.45, 2.75) is 25.3 Å². The predicted octanol–water partition coefficient (Wildman–Crippen LogP) is 2.77. The molecule has 0 radical (unpaired) electrons. The lowest BCUT2D eigenvalue weighted by atomic mass is 9.70. The van der Waals surface area contributed by atoms with Gasteiger partial charge < -0.3 is 19.7 Å². The first kappa shape index (κ1) is 22.8. The van der Waals surface area contributed by atoms with Crippen molar-refractivity contribution in [2.24, 2.45) is 0 Å². The van der Waals surface area contributed by atoms with E-state index in [4.69, 9.17) is 4.74 Å². The fourth-order valence-electron chi connectivity index (χ4n) is 5.79. The molecule has 3 aromatic rings. The number of ether oxygens (including phenoxy) is 1. The number of nitrogens with zero attached hydrogens (tertiary/aromatic N) is 3. The molecular weight excluding hydrogens is 452 g/mol. The zero-order chi connectivity index (χ0) is 25.0. The molecule has 0 bridgehead atoms. The first-order valence-corrected chi connectivity index (χ1v) is 12.4. The number of piperazine rings is 1. The number of ketones is 1. The first-order chi connectivity index (χ1) is 17.4. The first-order valence-electron chi connectivity index (χ1n) is 12.4. The van der Waals surface area contributed by atoms with E-state index in [0.717, 1.165) is 72.8 Å². The lowest BCUT2D eigenvalue weighted by Crippen LogP contribution is -2.56. The summed E-state index contributed by atoms with van der Waals surface area (Å²) in [6.07, 6.45) is 0. The van der Waals surface area contributed by atoms with E-state index in [0.29, 0.717) is 22.7 Å². The normalized spacial score (nSPS) is 19.2. The van der Waals surface area contributed by atoms with Crippen LogP contribution < -0.4 is 4.90 Å². The van der Waals surface area contributed by atoms with Gasteiger partial charge in [0.25, 0.3) is 0 Å². The predicted molar refractivity (Wildman–Crippen MR) is 137 cm³/mol. The largest absolute Gasteiger partial charge is 0.384 e. The zero-order valence-corrected chi connectivity index (χ0v) is 20.5. The zero-order valence-electron chi connectivity index (χ0n) is 20.5. The summed E-state index contributed by atoms with van der Waals surface area (Å²) in [4.78, 5) is 22.2. The molecule has 3 aliphatic rings. The number of aliphatic hydroxyl groups excluding tert-OH is 1. The minimum atomic E-state index is -0.451. The van der Waals surface area contributed by atoms with Crippen molar-refractivity contribution < 1.29 is 14.6 Å². The molecule has 2 saturated heterocycles. The van der Waals surface area contributed by atoms with Crippen LogP contribution in [-0.4, -0.2) is 72.8 Å². The third kappa shape index (κ3) is 3.43. The smallest absolute Gasteiger partial charge is 0.195 e. The topological polar surface area (TPSA) is 92.6 Å². The fraction of sp³-hybridized carbons (Fsp3) is 0.379. The Balaban J connectivity index is 1.45. The van der Waals surface area contributed by atoms with Gasteiger partial charge in [0.05, 0.1) is 42.1 Å². The molecule has 2 aromatic carbocycles. The monoisotopic (exact) mass is 480 g/mol. The van der Waals surface area contributed by atoms with Crippen molar-refractivity contribution in [3.63, 3.8) is 0 Å². The van der Waals surface area contributed by atoms with Gasteiger partial charge in [0.1, 0.15) is 6.61 Å². The molecule has 0 unspecified atom stereocenters. The second-order valence-electron chi connectivity index (χ2n) is 10.3. The minimum absolute atomic E-state index is 0.0383. The third-order valence-electron chi connectivity index (χ3n) is 7.93. The lowest BCUT2D eigenvalue weighted by Gasteiger charge is -2.43. The van der Waals surface area contributed by atoms with Gasteiger partial charge in [-0.3, -0.25) is 9.69 Å². The number of hydrogen-bond acceptors (Lipinski definition) is 6. The quantitative estimate of drug-likeness (QED) is 0.548. The highest BCUT2D eigenvalue weighted by atomic mass is 16.5. The summed E-state index contributed by atoms with van der Waals surface area (Å²) in [5.41, 5.74) is 5.82. The van der Waals surface area contributed by atoms with Gasteiger partial charge in [-0.25, -0.2) is 0 Å². The second kappa shape index (κ2) is 8.50. The molecule has 7 heteroatoms. The molecule has 2 fully saturated rings. The van der Waals surface area contributed by atoms with E-state index in [1.54, 1.807) is 12.1 Å². The maximum Gasteiger partial charge on any atom is 0.195 e. The molecule has 2 N–H and O–H groups in total. The summed E-state index contributed by atoms with van der Waals surface area (Å²) < 4.78 is 5.37. The van der Waals surface area contributed by atoms with Crippen LogP contribution in [0.4, 0.5) is 5.69 Å². The summed E-state index contributed by atoms with van der Waals surface area (Å²) in [5.74, 6) is 5.87. The maximum atomic E-state index is 13.9. The number of carbonyl (C=O) groups is 1. The van der Waals surface area contributed by atoms with E-state index in [-0.39, 0.29) is 12.4 Å². The van der Waals surface area contributed by atoms with Crippen molar-refractivity contribution in [1.29, 1.82) is 5.26 Å².